The molecule has 0 unspecified atom stereocenters. The van der Waals surface area contributed by atoms with E-state index in [4.69, 9.17) is 0 Å². The molecule has 0 saturated heterocycles. The van der Waals surface area contributed by atoms with Crippen molar-refractivity contribution in [3.05, 3.63) is 28.8 Å². The van der Waals surface area contributed by atoms with Gasteiger partial charge in [-0.25, -0.2) is 5.43 Å². The molecule has 4 heteroatoms. The normalized spacial score (nSPS) is 12.4. The van der Waals surface area contributed by atoms with Crippen LogP contribution in [0.2, 0.25) is 0 Å². The summed E-state index contributed by atoms with van der Waals surface area (Å²) in [7, 11) is 0. The lowest BCUT2D eigenvalue weighted by Gasteiger charge is -2.27. The summed E-state index contributed by atoms with van der Waals surface area (Å²) in [5.74, 6) is 0.325. The average molecular weight is 515 g/mol. The first kappa shape index (κ1) is 33.2. The lowest BCUT2D eigenvalue weighted by Crippen LogP contribution is -2.19. The van der Waals surface area contributed by atoms with Crippen molar-refractivity contribution in [2.75, 3.05) is 0 Å². The quantitative estimate of drug-likeness (QED) is 0.116. The van der Waals surface area contributed by atoms with Crippen molar-refractivity contribution in [2.24, 2.45) is 5.10 Å². The zero-order valence-electron chi connectivity index (χ0n) is 25.3. The van der Waals surface area contributed by atoms with Crippen LogP contribution in [0.5, 0.6) is 5.75 Å². The smallest absolute Gasteiger partial charge is 0.240 e. The number of carbonyl (C=O) groups is 1. The number of hydrogen-bond donors (Lipinski definition) is 2. The molecule has 1 rings (SSSR count). The number of amides is 1. The van der Waals surface area contributed by atoms with Crippen molar-refractivity contribution in [2.45, 2.75) is 162 Å². The Morgan fingerprint density at radius 1 is 0.730 bits per heavy atom. The van der Waals surface area contributed by atoms with Crippen LogP contribution in [0.1, 0.15) is 168 Å². The average Bonchev–Trinajstić information content (AvgIpc) is 2.81. The molecule has 0 spiro atoms. The molecule has 0 bridgehead atoms. The van der Waals surface area contributed by atoms with Crippen LogP contribution >= 0.6 is 0 Å². The van der Waals surface area contributed by atoms with Gasteiger partial charge in [0.25, 0.3) is 0 Å². The first-order valence-corrected chi connectivity index (χ1v) is 15.2. The van der Waals surface area contributed by atoms with E-state index in [1.54, 1.807) is 6.21 Å². The van der Waals surface area contributed by atoms with Gasteiger partial charge < -0.3 is 5.11 Å². The second kappa shape index (κ2) is 17.6. The fourth-order valence-electron chi connectivity index (χ4n) is 4.77. The van der Waals surface area contributed by atoms with Crippen molar-refractivity contribution >= 4 is 12.1 Å². The summed E-state index contributed by atoms with van der Waals surface area (Å²) in [6.45, 7) is 14.8. The Morgan fingerprint density at radius 2 is 1.11 bits per heavy atom. The number of rotatable bonds is 18. The molecular formula is C33H58N2O2. The number of aromatic hydroxyl groups is 1. The van der Waals surface area contributed by atoms with Crippen LogP contribution in [0.15, 0.2) is 17.2 Å². The van der Waals surface area contributed by atoms with Crippen LogP contribution in [0.3, 0.4) is 0 Å². The van der Waals surface area contributed by atoms with Gasteiger partial charge in [0.15, 0.2) is 0 Å². The lowest BCUT2D eigenvalue weighted by molar-refractivity contribution is -0.121. The maximum atomic E-state index is 12.2. The third-order valence-corrected chi connectivity index (χ3v) is 7.16. The monoisotopic (exact) mass is 514 g/mol. The van der Waals surface area contributed by atoms with Crippen LogP contribution in [0.4, 0.5) is 0 Å². The summed E-state index contributed by atoms with van der Waals surface area (Å²) in [6, 6.07) is 3.93. The Balaban J connectivity index is 2.23. The van der Waals surface area contributed by atoms with Crippen molar-refractivity contribution in [1.82, 2.24) is 5.43 Å². The van der Waals surface area contributed by atoms with E-state index in [0.29, 0.717) is 12.2 Å². The number of hydrazone groups is 1. The predicted octanol–water partition coefficient (Wildman–Crippen LogP) is 9.70. The van der Waals surface area contributed by atoms with E-state index in [-0.39, 0.29) is 16.7 Å². The largest absolute Gasteiger partial charge is 0.507 e. The van der Waals surface area contributed by atoms with Gasteiger partial charge in [-0.3, -0.25) is 4.79 Å². The summed E-state index contributed by atoms with van der Waals surface area (Å²) in [5, 5.41) is 15.0. The molecule has 0 aliphatic heterocycles. The second-order valence-electron chi connectivity index (χ2n) is 13.0. The van der Waals surface area contributed by atoms with Crippen LogP contribution in [0, 0.1) is 0 Å². The van der Waals surface area contributed by atoms with Gasteiger partial charge in [-0.05, 0) is 34.9 Å². The molecule has 37 heavy (non-hydrogen) atoms. The van der Waals surface area contributed by atoms with Crippen LogP contribution in [-0.2, 0) is 15.6 Å². The molecule has 0 aromatic heterocycles. The summed E-state index contributed by atoms with van der Waals surface area (Å²) >= 11 is 0. The van der Waals surface area contributed by atoms with Gasteiger partial charge in [0, 0.05) is 17.5 Å². The van der Waals surface area contributed by atoms with Gasteiger partial charge in [0.2, 0.25) is 5.91 Å². The van der Waals surface area contributed by atoms with E-state index in [2.05, 4.69) is 59.0 Å². The molecule has 1 aromatic rings. The van der Waals surface area contributed by atoms with Crippen molar-refractivity contribution in [3.8, 4) is 5.75 Å². The van der Waals surface area contributed by atoms with Crippen LogP contribution in [-0.4, -0.2) is 17.2 Å². The molecule has 1 aromatic carbocycles. The molecule has 4 nitrogen and oxygen atoms in total. The third-order valence-electron chi connectivity index (χ3n) is 7.16. The fourth-order valence-corrected chi connectivity index (χ4v) is 4.77. The third kappa shape index (κ3) is 14.6. The van der Waals surface area contributed by atoms with E-state index in [0.717, 1.165) is 29.5 Å². The Bertz CT molecular complexity index is 765. The zero-order valence-corrected chi connectivity index (χ0v) is 25.3. The maximum Gasteiger partial charge on any atom is 0.240 e. The molecule has 0 atom stereocenters. The highest BCUT2D eigenvalue weighted by Gasteiger charge is 2.26. The van der Waals surface area contributed by atoms with E-state index in [9.17, 15) is 9.90 Å². The first-order chi connectivity index (χ1) is 17.5. The topological polar surface area (TPSA) is 61.7 Å². The lowest BCUT2D eigenvalue weighted by atomic mass is 9.78. The first-order valence-electron chi connectivity index (χ1n) is 15.2. The summed E-state index contributed by atoms with van der Waals surface area (Å²) in [6.07, 6.45) is 22.0. The van der Waals surface area contributed by atoms with Crippen LogP contribution in [0.25, 0.3) is 0 Å². The minimum Gasteiger partial charge on any atom is -0.507 e. The van der Waals surface area contributed by atoms with Crippen molar-refractivity contribution in [1.29, 1.82) is 0 Å². The predicted molar refractivity (Wildman–Crippen MR) is 161 cm³/mol. The standard InChI is InChI=1S/C33H58N2O2/c1-8-9-10-11-12-13-14-15-16-17-18-19-20-21-22-23-30(36)35-34-26-27-24-28(32(2,3)4)31(37)29(25-27)33(5,6)7/h24-26,37H,8-23H2,1-7H3,(H,35,36)/b34-26-. The Hall–Kier alpha value is -1.84. The van der Waals surface area contributed by atoms with Gasteiger partial charge in [-0.1, -0.05) is 138 Å². The minimum absolute atomic E-state index is 0.0307. The molecule has 0 radical (unpaired) electrons. The Kier molecular flexibility index (Phi) is 15.8. The molecule has 212 valence electrons. The highest BCUT2D eigenvalue weighted by atomic mass is 16.3. The summed E-state index contributed by atoms with van der Waals surface area (Å²) in [5.41, 5.74) is 4.98. The SMILES string of the molecule is CCCCCCCCCCCCCCCCCC(=O)N/N=C\c1cc(C(C)(C)C)c(O)c(C(C)(C)C)c1. The molecule has 1 amide bonds. The van der Waals surface area contributed by atoms with E-state index in [1.807, 2.05) is 12.1 Å². The number of benzene rings is 1. The van der Waals surface area contributed by atoms with Crippen molar-refractivity contribution in [3.63, 3.8) is 0 Å². The summed E-state index contributed by atoms with van der Waals surface area (Å²) < 4.78 is 0. The number of phenolic OH excluding ortho intramolecular Hbond substituents is 1. The van der Waals surface area contributed by atoms with Gasteiger partial charge in [0.05, 0.1) is 6.21 Å². The number of unbranched alkanes of at least 4 members (excludes halogenated alkanes) is 14. The number of carbonyl (C=O) groups excluding carboxylic acids is 1. The van der Waals surface area contributed by atoms with Gasteiger partial charge in [-0.2, -0.15) is 5.10 Å². The van der Waals surface area contributed by atoms with Gasteiger partial charge in [0.1, 0.15) is 5.75 Å². The van der Waals surface area contributed by atoms with E-state index in [1.165, 1.54) is 83.5 Å². The highest BCUT2D eigenvalue weighted by molar-refractivity contribution is 5.83. The molecule has 0 heterocycles. The molecular weight excluding hydrogens is 456 g/mol. The number of hydrogen-bond acceptors (Lipinski definition) is 3. The van der Waals surface area contributed by atoms with E-state index >= 15 is 0 Å². The number of phenols is 1. The minimum atomic E-state index is -0.190. The molecule has 2 N–H and O–H groups in total. The van der Waals surface area contributed by atoms with Crippen LogP contribution < -0.4 is 5.43 Å². The molecule has 0 aliphatic carbocycles. The Labute approximate surface area is 229 Å². The molecule has 0 saturated carbocycles. The zero-order chi connectivity index (χ0) is 27.7. The van der Waals surface area contributed by atoms with Crippen molar-refractivity contribution < 1.29 is 9.90 Å². The molecule has 0 aliphatic rings. The highest BCUT2D eigenvalue weighted by Crippen LogP contribution is 2.39. The number of nitrogens with one attached hydrogen (secondary N) is 1. The van der Waals surface area contributed by atoms with E-state index < -0.39 is 0 Å². The Morgan fingerprint density at radius 3 is 1.49 bits per heavy atom. The van der Waals surface area contributed by atoms with Gasteiger partial charge >= 0.3 is 0 Å². The maximum absolute atomic E-state index is 12.2. The fraction of sp³-hybridized carbons (Fsp3) is 0.758. The second-order valence-corrected chi connectivity index (χ2v) is 13.0. The summed E-state index contributed by atoms with van der Waals surface area (Å²) in [4.78, 5) is 12.2. The molecule has 0 fully saturated rings. The van der Waals surface area contributed by atoms with Gasteiger partial charge in [-0.15, -0.1) is 0 Å². The number of nitrogens with zero attached hydrogens (tertiary/aromatic N) is 1.